The van der Waals surface area contributed by atoms with Gasteiger partial charge in [0.2, 0.25) is 0 Å². The van der Waals surface area contributed by atoms with Gasteiger partial charge in [0.05, 0.1) is 35.5 Å². The third-order valence-electron chi connectivity index (χ3n) is 4.60. The molecule has 0 bridgehead atoms. The fourth-order valence-electron chi connectivity index (χ4n) is 3.04. The molecule has 6 heteroatoms. The average Bonchev–Trinajstić information content (AvgIpc) is 3.45. The number of benzene rings is 2. The predicted molar refractivity (Wildman–Crippen MR) is 102 cm³/mol. The summed E-state index contributed by atoms with van der Waals surface area (Å²) in [5.74, 6) is 0.831. The van der Waals surface area contributed by atoms with Crippen molar-refractivity contribution in [3.8, 4) is 5.75 Å². The van der Waals surface area contributed by atoms with Crippen LogP contribution in [0.15, 0.2) is 36.4 Å². The summed E-state index contributed by atoms with van der Waals surface area (Å²) in [6, 6.07) is 11.9. The number of aliphatic hydroxyl groups excluding tert-OH is 1. The number of hydrogen-bond donors (Lipinski definition) is 2. The van der Waals surface area contributed by atoms with Crippen LogP contribution in [0.4, 0.5) is 5.69 Å². The highest BCUT2D eigenvalue weighted by molar-refractivity contribution is 6.38. The molecular weight excluding hydrogens is 359 g/mol. The molecule has 25 heavy (non-hydrogen) atoms. The van der Waals surface area contributed by atoms with E-state index in [2.05, 4.69) is 4.90 Å². The van der Waals surface area contributed by atoms with Crippen LogP contribution >= 0.6 is 23.2 Å². The van der Waals surface area contributed by atoms with Crippen molar-refractivity contribution in [2.24, 2.45) is 0 Å². The van der Waals surface area contributed by atoms with E-state index in [9.17, 15) is 5.11 Å². The molecule has 1 aliphatic carbocycles. The number of aliphatic hydroxyl groups is 1. The quantitative estimate of drug-likeness (QED) is 0.703. The first kappa shape index (κ1) is 18.3. The molecule has 1 unspecified atom stereocenters. The lowest BCUT2D eigenvalue weighted by atomic mass is 10.0. The molecule has 134 valence electrons. The van der Waals surface area contributed by atoms with E-state index in [0.29, 0.717) is 21.8 Å². The lowest BCUT2D eigenvalue weighted by Crippen LogP contribution is -2.32. The fourth-order valence-corrected chi connectivity index (χ4v) is 3.54. The van der Waals surface area contributed by atoms with Crippen LogP contribution in [0.3, 0.4) is 0 Å². The third kappa shape index (κ3) is 4.21. The Morgan fingerprint density at radius 1 is 1.20 bits per heavy atom. The molecule has 0 radical (unpaired) electrons. The second-order valence-corrected chi connectivity index (χ2v) is 7.16. The first-order valence-electron chi connectivity index (χ1n) is 8.27. The summed E-state index contributed by atoms with van der Waals surface area (Å²) in [5.41, 5.74) is 8.26. The summed E-state index contributed by atoms with van der Waals surface area (Å²) in [7, 11) is 1.65. The smallest absolute Gasteiger partial charge is 0.118 e. The van der Waals surface area contributed by atoms with E-state index in [-0.39, 0.29) is 12.6 Å². The van der Waals surface area contributed by atoms with Gasteiger partial charge in [-0.25, -0.2) is 0 Å². The Morgan fingerprint density at radius 3 is 2.28 bits per heavy atom. The zero-order valence-corrected chi connectivity index (χ0v) is 15.6. The molecule has 1 aliphatic rings. The number of nitrogen functional groups attached to an aromatic ring is 1. The van der Waals surface area contributed by atoms with Crippen molar-refractivity contribution in [2.45, 2.75) is 31.5 Å². The second kappa shape index (κ2) is 7.83. The van der Waals surface area contributed by atoms with Gasteiger partial charge in [-0.1, -0.05) is 35.3 Å². The van der Waals surface area contributed by atoms with Crippen molar-refractivity contribution in [3.63, 3.8) is 0 Å². The van der Waals surface area contributed by atoms with Gasteiger partial charge in [-0.05, 0) is 48.2 Å². The summed E-state index contributed by atoms with van der Waals surface area (Å²) in [5, 5.41) is 10.9. The summed E-state index contributed by atoms with van der Waals surface area (Å²) in [4.78, 5) is 2.31. The van der Waals surface area contributed by atoms with Gasteiger partial charge in [0.25, 0.3) is 0 Å². The molecule has 3 N–H and O–H groups in total. The lowest BCUT2D eigenvalue weighted by molar-refractivity contribution is 0.109. The number of rotatable bonds is 7. The highest BCUT2D eigenvalue weighted by Gasteiger charge is 2.34. The number of ether oxygens (including phenoxy) is 1. The maximum Gasteiger partial charge on any atom is 0.118 e. The summed E-state index contributed by atoms with van der Waals surface area (Å²) in [6.45, 7) is 0.725. The van der Waals surface area contributed by atoms with Gasteiger partial charge in [-0.3, -0.25) is 4.90 Å². The highest BCUT2D eigenvalue weighted by atomic mass is 35.5. The molecule has 1 atom stereocenters. The molecule has 2 aromatic carbocycles. The Balaban J connectivity index is 1.87. The van der Waals surface area contributed by atoms with E-state index < -0.39 is 0 Å². The van der Waals surface area contributed by atoms with Gasteiger partial charge < -0.3 is 15.6 Å². The minimum absolute atomic E-state index is 0.0107. The lowest BCUT2D eigenvalue weighted by Gasteiger charge is -2.31. The van der Waals surface area contributed by atoms with E-state index in [4.69, 9.17) is 33.7 Å². The van der Waals surface area contributed by atoms with Crippen molar-refractivity contribution < 1.29 is 9.84 Å². The zero-order valence-electron chi connectivity index (χ0n) is 14.1. The number of methoxy groups -OCH3 is 1. The van der Waals surface area contributed by atoms with Gasteiger partial charge in [0.1, 0.15) is 5.75 Å². The third-order valence-corrected chi connectivity index (χ3v) is 5.22. The van der Waals surface area contributed by atoms with Crippen LogP contribution in [0.1, 0.15) is 30.0 Å². The van der Waals surface area contributed by atoms with Crippen molar-refractivity contribution in [1.29, 1.82) is 0 Å². The van der Waals surface area contributed by atoms with E-state index in [1.54, 1.807) is 19.2 Å². The Kier molecular flexibility index (Phi) is 5.74. The van der Waals surface area contributed by atoms with E-state index in [1.165, 1.54) is 5.56 Å². The predicted octanol–water partition coefficient (Wildman–Crippen LogP) is 4.28. The van der Waals surface area contributed by atoms with Gasteiger partial charge in [-0.2, -0.15) is 0 Å². The van der Waals surface area contributed by atoms with Crippen LogP contribution in [0.5, 0.6) is 5.75 Å². The SMILES string of the molecule is COc1ccc(CN(C2CC2)C(CO)c2cc(Cl)c(N)c(Cl)c2)cc1. The molecule has 4 nitrogen and oxygen atoms in total. The summed E-state index contributed by atoms with van der Waals surface area (Å²) >= 11 is 12.4. The number of hydrogen-bond acceptors (Lipinski definition) is 4. The van der Waals surface area contributed by atoms with E-state index >= 15 is 0 Å². The van der Waals surface area contributed by atoms with Gasteiger partial charge in [-0.15, -0.1) is 0 Å². The maximum absolute atomic E-state index is 10.1. The topological polar surface area (TPSA) is 58.7 Å². The first-order chi connectivity index (χ1) is 12.0. The van der Waals surface area contributed by atoms with E-state index in [0.717, 1.165) is 30.7 Å². The van der Waals surface area contributed by atoms with Crippen molar-refractivity contribution in [2.75, 3.05) is 19.5 Å². The van der Waals surface area contributed by atoms with Crippen LogP contribution in [0.2, 0.25) is 10.0 Å². The molecule has 1 fully saturated rings. The molecule has 2 aromatic rings. The maximum atomic E-state index is 10.1. The molecule has 0 saturated heterocycles. The number of anilines is 1. The monoisotopic (exact) mass is 380 g/mol. The number of nitrogens with two attached hydrogens (primary N) is 1. The molecular formula is C19H22Cl2N2O2. The summed E-state index contributed by atoms with van der Waals surface area (Å²) in [6.07, 6.45) is 2.26. The Morgan fingerprint density at radius 2 is 1.80 bits per heavy atom. The molecule has 0 aromatic heterocycles. The van der Waals surface area contributed by atoms with Crippen molar-refractivity contribution in [3.05, 3.63) is 57.6 Å². The minimum atomic E-state index is -0.176. The Bertz CT molecular complexity index is 710. The molecule has 0 heterocycles. The number of halogens is 2. The van der Waals surface area contributed by atoms with Crippen LogP contribution in [-0.2, 0) is 6.54 Å². The standard InChI is InChI=1S/C19H22Cl2N2O2/c1-25-15-6-2-12(3-7-15)10-23(14-4-5-14)18(11-24)13-8-16(20)19(22)17(21)9-13/h2-3,6-9,14,18,24H,4-5,10-11,22H2,1H3. The zero-order chi connectivity index (χ0) is 18.0. The highest BCUT2D eigenvalue weighted by Crippen LogP contribution is 2.38. The first-order valence-corrected chi connectivity index (χ1v) is 9.03. The average molecular weight is 381 g/mol. The number of nitrogens with zero attached hydrogens (tertiary/aromatic N) is 1. The Hall–Kier alpha value is -1.46. The minimum Gasteiger partial charge on any atom is -0.497 e. The van der Waals surface area contributed by atoms with Gasteiger partial charge in [0.15, 0.2) is 0 Å². The largest absolute Gasteiger partial charge is 0.497 e. The van der Waals surface area contributed by atoms with E-state index in [1.807, 2.05) is 24.3 Å². The molecule has 1 saturated carbocycles. The second-order valence-electron chi connectivity index (χ2n) is 6.35. The Labute approximate surface area is 158 Å². The molecule has 3 rings (SSSR count). The van der Waals surface area contributed by atoms with Gasteiger partial charge >= 0.3 is 0 Å². The molecule has 0 aliphatic heterocycles. The summed E-state index contributed by atoms with van der Waals surface area (Å²) < 4.78 is 5.21. The normalized spacial score (nSPS) is 15.4. The van der Waals surface area contributed by atoms with Crippen molar-refractivity contribution >= 4 is 28.9 Å². The molecule has 0 spiro atoms. The fraction of sp³-hybridized carbons (Fsp3) is 0.368. The van der Waals surface area contributed by atoms with Gasteiger partial charge in [0, 0.05) is 12.6 Å². The van der Waals surface area contributed by atoms with Crippen LogP contribution in [0.25, 0.3) is 0 Å². The van der Waals surface area contributed by atoms with Crippen molar-refractivity contribution in [1.82, 2.24) is 4.90 Å². The van der Waals surface area contributed by atoms with Crippen LogP contribution in [0, 0.1) is 0 Å². The molecule has 0 amide bonds. The van der Waals surface area contributed by atoms with Crippen LogP contribution in [-0.4, -0.2) is 29.8 Å². The van der Waals surface area contributed by atoms with Crippen LogP contribution < -0.4 is 10.5 Å².